The lowest BCUT2D eigenvalue weighted by Gasteiger charge is -2.18. The zero-order valence-electron chi connectivity index (χ0n) is 15.7. The van der Waals surface area contributed by atoms with Crippen LogP contribution in [0.4, 0.5) is 17.1 Å². The van der Waals surface area contributed by atoms with Crippen LogP contribution < -0.4 is 15.5 Å². The Bertz CT molecular complexity index is 890. The average Bonchev–Trinajstić information content (AvgIpc) is 3.05. The average molecular weight is 365 g/mol. The van der Waals surface area contributed by atoms with Crippen molar-refractivity contribution < 1.29 is 14.4 Å². The van der Waals surface area contributed by atoms with Gasteiger partial charge < -0.3 is 15.5 Å². The smallest absolute Gasteiger partial charge is 0.246 e. The maximum Gasteiger partial charge on any atom is 0.246 e. The van der Waals surface area contributed by atoms with Crippen molar-refractivity contribution in [2.75, 3.05) is 22.1 Å². The Balaban J connectivity index is 1.63. The second-order valence-electron chi connectivity index (χ2n) is 6.75. The molecule has 1 aliphatic heterocycles. The third-order valence-corrected chi connectivity index (χ3v) is 4.69. The fourth-order valence-electron chi connectivity index (χ4n) is 3.17. The number of carbonyl (C=O) groups excluding carboxylic acids is 3. The third-order valence-electron chi connectivity index (χ3n) is 4.69. The molecule has 2 aromatic rings. The third kappa shape index (κ3) is 4.16. The number of fused-ring (bicyclic) bond motifs is 1. The summed E-state index contributed by atoms with van der Waals surface area (Å²) in [6.45, 7) is 5.55. The Hall–Kier alpha value is -3.15. The quantitative estimate of drug-likeness (QED) is 0.798. The van der Waals surface area contributed by atoms with Crippen LogP contribution in [0.3, 0.4) is 0 Å². The van der Waals surface area contributed by atoms with Crippen LogP contribution in [0.5, 0.6) is 0 Å². The predicted molar refractivity (Wildman–Crippen MR) is 106 cm³/mol. The number of carbonyl (C=O) groups is 3. The van der Waals surface area contributed by atoms with E-state index in [0.717, 1.165) is 23.4 Å². The summed E-state index contributed by atoms with van der Waals surface area (Å²) >= 11 is 0. The predicted octanol–water partition coefficient (Wildman–Crippen LogP) is 3.24. The molecule has 0 saturated carbocycles. The minimum Gasteiger partial charge on any atom is -0.374 e. The molecule has 0 spiro atoms. The fraction of sp³-hybridized carbons (Fsp3) is 0.286. The van der Waals surface area contributed by atoms with E-state index >= 15 is 0 Å². The molecule has 1 heterocycles. The number of Topliss-reactive ketones (excluding diaryl/α,β-unsaturated/α-hetero) is 1. The summed E-state index contributed by atoms with van der Waals surface area (Å²) in [5, 5.41) is 6.03. The minimum atomic E-state index is -0.444. The number of anilines is 3. The van der Waals surface area contributed by atoms with Crippen LogP contribution in [0.15, 0.2) is 42.5 Å². The van der Waals surface area contributed by atoms with Crippen molar-refractivity contribution in [3.05, 3.63) is 53.6 Å². The molecule has 0 fully saturated rings. The zero-order valence-corrected chi connectivity index (χ0v) is 15.7. The normalized spacial score (nSPS) is 13.7. The van der Waals surface area contributed by atoms with Gasteiger partial charge in [-0.3, -0.25) is 14.4 Å². The van der Waals surface area contributed by atoms with E-state index < -0.39 is 6.04 Å². The van der Waals surface area contributed by atoms with Crippen LogP contribution >= 0.6 is 0 Å². The number of nitrogens with zero attached hydrogens (tertiary/aromatic N) is 1. The van der Waals surface area contributed by atoms with Gasteiger partial charge in [-0.2, -0.15) is 0 Å². The van der Waals surface area contributed by atoms with Crippen LogP contribution in [-0.4, -0.2) is 30.2 Å². The van der Waals surface area contributed by atoms with E-state index in [2.05, 4.69) is 10.6 Å². The Morgan fingerprint density at radius 3 is 2.30 bits per heavy atom. The molecule has 6 heteroatoms. The van der Waals surface area contributed by atoms with Gasteiger partial charge in [-0.1, -0.05) is 0 Å². The van der Waals surface area contributed by atoms with Crippen LogP contribution in [0, 0.1) is 0 Å². The molecular weight excluding hydrogens is 342 g/mol. The molecule has 27 heavy (non-hydrogen) atoms. The maximum atomic E-state index is 12.4. The fourth-order valence-corrected chi connectivity index (χ4v) is 3.17. The van der Waals surface area contributed by atoms with Crippen molar-refractivity contribution in [1.29, 1.82) is 0 Å². The molecule has 3 rings (SSSR count). The van der Waals surface area contributed by atoms with Gasteiger partial charge in [0, 0.05) is 36.1 Å². The molecule has 0 aromatic heterocycles. The van der Waals surface area contributed by atoms with E-state index in [1.165, 1.54) is 6.92 Å². The second kappa shape index (κ2) is 7.61. The number of rotatable bonds is 5. The first-order valence-corrected chi connectivity index (χ1v) is 8.94. The minimum absolute atomic E-state index is 0.0112. The first-order chi connectivity index (χ1) is 12.8. The summed E-state index contributed by atoms with van der Waals surface area (Å²) in [6.07, 6.45) is 0.813. The highest BCUT2D eigenvalue weighted by Gasteiger charge is 2.22. The van der Waals surface area contributed by atoms with Gasteiger partial charge in [0.2, 0.25) is 11.8 Å². The van der Waals surface area contributed by atoms with E-state index in [4.69, 9.17) is 0 Å². The van der Waals surface area contributed by atoms with Crippen LogP contribution in [0.25, 0.3) is 0 Å². The van der Waals surface area contributed by atoms with E-state index in [1.807, 2.05) is 18.2 Å². The van der Waals surface area contributed by atoms with Crippen molar-refractivity contribution in [1.82, 2.24) is 0 Å². The van der Waals surface area contributed by atoms with Crippen molar-refractivity contribution in [3.63, 3.8) is 0 Å². The van der Waals surface area contributed by atoms with Crippen molar-refractivity contribution in [2.45, 2.75) is 33.2 Å². The van der Waals surface area contributed by atoms with Gasteiger partial charge in [0.15, 0.2) is 5.78 Å². The summed E-state index contributed by atoms with van der Waals surface area (Å²) in [5.74, 6) is -0.141. The highest BCUT2D eigenvalue weighted by atomic mass is 16.2. The van der Waals surface area contributed by atoms with E-state index in [0.29, 0.717) is 17.8 Å². The topological polar surface area (TPSA) is 78.5 Å². The van der Waals surface area contributed by atoms with Crippen LogP contribution in [0.1, 0.15) is 36.7 Å². The lowest BCUT2D eigenvalue weighted by atomic mass is 10.1. The van der Waals surface area contributed by atoms with E-state index in [-0.39, 0.29) is 17.6 Å². The summed E-state index contributed by atoms with van der Waals surface area (Å²) < 4.78 is 0. The number of hydrogen-bond acceptors (Lipinski definition) is 4. The molecule has 2 N–H and O–H groups in total. The largest absolute Gasteiger partial charge is 0.374 e. The monoisotopic (exact) mass is 365 g/mol. The van der Waals surface area contributed by atoms with Crippen molar-refractivity contribution in [2.24, 2.45) is 0 Å². The molecule has 0 radical (unpaired) electrons. The highest BCUT2D eigenvalue weighted by Crippen LogP contribution is 2.30. The molecule has 1 aliphatic rings. The molecule has 0 saturated heterocycles. The Labute approximate surface area is 158 Å². The summed E-state index contributed by atoms with van der Waals surface area (Å²) in [7, 11) is 0. The molecule has 140 valence electrons. The molecule has 6 nitrogen and oxygen atoms in total. The number of ketones is 1. The second-order valence-corrected chi connectivity index (χ2v) is 6.75. The van der Waals surface area contributed by atoms with Gasteiger partial charge in [-0.25, -0.2) is 0 Å². The van der Waals surface area contributed by atoms with Crippen LogP contribution in [-0.2, 0) is 16.0 Å². The summed E-state index contributed by atoms with van der Waals surface area (Å²) in [6, 6.07) is 12.2. The first kappa shape index (κ1) is 18.6. The lowest BCUT2D eigenvalue weighted by molar-refractivity contribution is -0.117. The Morgan fingerprint density at radius 2 is 1.67 bits per heavy atom. The molecule has 2 aromatic carbocycles. The number of hydrogen-bond donors (Lipinski definition) is 2. The van der Waals surface area contributed by atoms with Crippen LogP contribution in [0.2, 0.25) is 0 Å². The van der Waals surface area contributed by atoms with Gasteiger partial charge in [-0.05, 0) is 68.3 Å². The molecule has 1 atom stereocenters. The SMILES string of the molecule is CC(=O)c1ccc(NC(=O)[C@H](C)Nc2ccc3c(c2)CCN3C(C)=O)cc1. The van der Waals surface area contributed by atoms with Gasteiger partial charge in [0.25, 0.3) is 0 Å². The van der Waals surface area contributed by atoms with Crippen molar-refractivity contribution in [3.8, 4) is 0 Å². The molecular formula is C21H23N3O3. The molecule has 0 aliphatic carbocycles. The molecule has 0 unspecified atom stereocenters. The molecule has 0 bridgehead atoms. The maximum absolute atomic E-state index is 12.4. The van der Waals surface area contributed by atoms with Crippen molar-refractivity contribution >= 4 is 34.7 Å². The van der Waals surface area contributed by atoms with Gasteiger partial charge >= 0.3 is 0 Å². The summed E-state index contributed by atoms with van der Waals surface area (Å²) in [4.78, 5) is 37.1. The number of benzene rings is 2. The lowest BCUT2D eigenvalue weighted by Crippen LogP contribution is -2.31. The zero-order chi connectivity index (χ0) is 19.6. The Kier molecular flexibility index (Phi) is 5.26. The first-order valence-electron chi connectivity index (χ1n) is 8.94. The van der Waals surface area contributed by atoms with E-state index in [1.54, 1.807) is 43.0 Å². The number of nitrogens with one attached hydrogen (secondary N) is 2. The van der Waals surface area contributed by atoms with Gasteiger partial charge in [0.1, 0.15) is 6.04 Å². The van der Waals surface area contributed by atoms with E-state index in [9.17, 15) is 14.4 Å². The standard InChI is InChI=1S/C21H23N3O3/c1-13(21(27)23-18-6-4-16(5-7-18)14(2)25)22-19-8-9-20-17(12-19)10-11-24(20)15(3)26/h4-9,12-13,22H,10-11H2,1-3H3,(H,23,27)/t13-/m0/s1. The highest BCUT2D eigenvalue weighted by molar-refractivity contribution is 5.98. The van der Waals surface area contributed by atoms with Gasteiger partial charge in [0.05, 0.1) is 0 Å². The number of amides is 2. The Morgan fingerprint density at radius 1 is 1.00 bits per heavy atom. The molecule has 2 amide bonds. The van der Waals surface area contributed by atoms with Gasteiger partial charge in [-0.15, -0.1) is 0 Å². The summed E-state index contributed by atoms with van der Waals surface area (Å²) in [5.41, 5.74) is 4.13.